The van der Waals surface area contributed by atoms with Crippen molar-refractivity contribution in [1.82, 2.24) is 4.90 Å². The van der Waals surface area contributed by atoms with E-state index in [0.717, 1.165) is 103 Å². The normalized spacial score (nSPS) is 15.2. The van der Waals surface area contributed by atoms with E-state index in [9.17, 15) is 14.4 Å². The molecule has 0 saturated heterocycles. The van der Waals surface area contributed by atoms with E-state index in [4.69, 9.17) is 14.2 Å². The van der Waals surface area contributed by atoms with E-state index in [1.54, 1.807) is 0 Å². The van der Waals surface area contributed by atoms with E-state index in [2.05, 4.69) is 32.6 Å². The molecular formula is C45H85NO6. The molecule has 1 saturated carbocycles. The lowest BCUT2D eigenvalue weighted by molar-refractivity contribution is -0.156. The van der Waals surface area contributed by atoms with E-state index in [0.29, 0.717) is 31.8 Å². The topological polar surface area (TPSA) is 82.1 Å². The maximum atomic E-state index is 12.6. The van der Waals surface area contributed by atoms with Crippen molar-refractivity contribution < 1.29 is 28.6 Å². The minimum Gasteiger partial charge on any atom is -0.466 e. The zero-order chi connectivity index (χ0) is 38.3. The molecule has 7 heteroatoms. The molecule has 0 N–H and O–H groups in total. The van der Waals surface area contributed by atoms with Gasteiger partial charge in [-0.3, -0.25) is 14.4 Å². The minimum atomic E-state index is -0.0750. The summed E-state index contributed by atoms with van der Waals surface area (Å²) in [6.45, 7) is 10.4. The molecule has 0 aromatic carbocycles. The van der Waals surface area contributed by atoms with Crippen LogP contribution < -0.4 is 0 Å². The van der Waals surface area contributed by atoms with Crippen LogP contribution in [0, 0.1) is 11.3 Å². The van der Waals surface area contributed by atoms with E-state index >= 15 is 0 Å². The molecule has 1 fully saturated rings. The van der Waals surface area contributed by atoms with Crippen molar-refractivity contribution in [2.75, 3.05) is 27.2 Å². The first-order valence-electron chi connectivity index (χ1n) is 22.3. The van der Waals surface area contributed by atoms with E-state index in [1.165, 1.54) is 77.0 Å². The molecule has 306 valence electrons. The molecule has 0 aromatic rings. The van der Waals surface area contributed by atoms with Gasteiger partial charge in [-0.15, -0.1) is 0 Å². The number of unbranched alkanes of at least 4 members (excludes halogenated alkanes) is 12. The molecular weight excluding hydrogens is 650 g/mol. The number of carbonyl (C=O) groups excluding carboxylic acids is 3. The van der Waals surface area contributed by atoms with Crippen molar-refractivity contribution in [2.24, 2.45) is 11.3 Å². The Bertz CT molecular complexity index is 875. The highest BCUT2D eigenvalue weighted by Gasteiger charge is 2.38. The summed E-state index contributed by atoms with van der Waals surface area (Å²) in [5, 5.41) is 0. The third-order valence-electron chi connectivity index (χ3n) is 11.5. The summed E-state index contributed by atoms with van der Waals surface area (Å²) in [6, 6.07) is 0. The van der Waals surface area contributed by atoms with E-state index in [1.807, 2.05) is 14.1 Å². The third kappa shape index (κ3) is 25.4. The zero-order valence-electron chi connectivity index (χ0n) is 35.3. The van der Waals surface area contributed by atoms with Crippen LogP contribution in [0.15, 0.2) is 0 Å². The van der Waals surface area contributed by atoms with Crippen molar-refractivity contribution in [3.8, 4) is 0 Å². The van der Waals surface area contributed by atoms with Crippen molar-refractivity contribution in [1.29, 1.82) is 0 Å². The van der Waals surface area contributed by atoms with Gasteiger partial charge in [-0.05, 0) is 97.2 Å². The maximum absolute atomic E-state index is 12.6. The van der Waals surface area contributed by atoms with Crippen LogP contribution in [0.4, 0.5) is 0 Å². The second-order valence-corrected chi connectivity index (χ2v) is 16.7. The number of hydrogen-bond acceptors (Lipinski definition) is 7. The average molecular weight is 736 g/mol. The van der Waals surface area contributed by atoms with Gasteiger partial charge in [0.25, 0.3) is 0 Å². The summed E-state index contributed by atoms with van der Waals surface area (Å²) in [7, 11) is 4.05. The molecule has 52 heavy (non-hydrogen) atoms. The number of nitrogens with zero attached hydrogens (tertiary/aromatic N) is 1. The first-order valence-corrected chi connectivity index (χ1v) is 22.3. The molecule has 0 spiro atoms. The molecule has 0 bridgehead atoms. The van der Waals surface area contributed by atoms with Crippen molar-refractivity contribution in [2.45, 2.75) is 233 Å². The predicted octanol–water partition coefficient (Wildman–Crippen LogP) is 12.3. The molecule has 1 aliphatic rings. The Labute approximate surface area is 321 Å². The summed E-state index contributed by atoms with van der Waals surface area (Å²) < 4.78 is 17.5. The Kier molecular flexibility index (Phi) is 29.5. The fourth-order valence-corrected chi connectivity index (χ4v) is 8.04. The Morgan fingerprint density at radius 3 is 1.60 bits per heavy atom. The molecule has 2 unspecified atom stereocenters. The van der Waals surface area contributed by atoms with Gasteiger partial charge in [0.15, 0.2) is 0 Å². The van der Waals surface area contributed by atoms with Gasteiger partial charge in [-0.1, -0.05) is 130 Å². The van der Waals surface area contributed by atoms with Crippen molar-refractivity contribution in [3.05, 3.63) is 0 Å². The first-order chi connectivity index (χ1) is 25.1. The summed E-state index contributed by atoms with van der Waals surface area (Å²) in [4.78, 5) is 39.6. The van der Waals surface area contributed by atoms with E-state index in [-0.39, 0.29) is 35.5 Å². The molecule has 2 atom stereocenters. The summed E-state index contributed by atoms with van der Waals surface area (Å²) in [5.74, 6) is 0.545. The lowest BCUT2D eigenvalue weighted by atomic mass is 9.81. The third-order valence-corrected chi connectivity index (χ3v) is 11.5. The van der Waals surface area contributed by atoms with Crippen LogP contribution in [0.2, 0.25) is 0 Å². The minimum absolute atomic E-state index is 0.0208. The second kappa shape index (κ2) is 31.7. The van der Waals surface area contributed by atoms with Crippen molar-refractivity contribution >= 4 is 17.9 Å². The summed E-state index contributed by atoms with van der Waals surface area (Å²) >= 11 is 0. The van der Waals surface area contributed by atoms with Crippen molar-refractivity contribution in [3.63, 3.8) is 0 Å². The van der Waals surface area contributed by atoms with Crippen LogP contribution >= 0.6 is 0 Å². The number of esters is 3. The summed E-state index contributed by atoms with van der Waals surface area (Å²) in [6.07, 6.45) is 31.4. The van der Waals surface area contributed by atoms with Crippen LogP contribution in [-0.2, 0) is 28.6 Å². The maximum Gasteiger partial charge on any atom is 0.306 e. The smallest absolute Gasteiger partial charge is 0.306 e. The molecule has 0 aromatic heterocycles. The largest absolute Gasteiger partial charge is 0.466 e. The summed E-state index contributed by atoms with van der Waals surface area (Å²) in [5.41, 5.74) is 0.164. The predicted molar refractivity (Wildman–Crippen MR) is 216 cm³/mol. The fourth-order valence-electron chi connectivity index (χ4n) is 8.04. The standard InChI is InChI=1S/C45H85NO6/c1-7-10-18-27-39(28-19-11-8-2)34-38-50-42(47)31-22-16-12-14-20-29-40(51-43(48)33-26-37-46(5)6)30-21-15-13-17-23-32-44(49)52-41(9-3)45(4)35-24-25-36-45/h39-41H,7-38H2,1-6H3. The Morgan fingerprint density at radius 1 is 0.577 bits per heavy atom. The fraction of sp³-hybridized carbons (Fsp3) is 0.933. The van der Waals surface area contributed by atoms with E-state index < -0.39 is 0 Å². The quantitative estimate of drug-likeness (QED) is 0.0364. The van der Waals surface area contributed by atoms with Gasteiger partial charge in [-0.2, -0.15) is 0 Å². The number of hydrogen-bond donors (Lipinski definition) is 0. The van der Waals surface area contributed by atoms with Crippen LogP contribution in [0.3, 0.4) is 0 Å². The van der Waals surface area contributed by atoms with Crippen LogP contribution in [0.5, 0.6) is 0 Å². The average Bonchev–Trinajstić information content (AvgIpc) is 3.56. The van der Waals surface area contributed by atoms with Crippen LogP contribution in [0.25, 0.3) is 0 Å². The molecule has 1 rings (SSSR count). The lowest BCUT2D eigenvalue weighted by Crippen LogP contribution is -2.33. The zero-order valence-corrected chi connectivity index (χ0v) is 35.3. The Hall–Kier alpha value is -1.63. The Balaban J connectivity index is 2.28. The monoisotopic (exact) mass is 736 g/mol. The molecule has 0 aliphatic heterocycles. The molecule has 0 amide bonds. The van der Waals surface area contributed by atoms with Gasteiger partial charge in [0.05, 0.1) is 6.61 Å². The number of rotatable bonds is 35. The molecule has 0 heterocycles. The highest BCUT2D eigenvalue weighted by molar-refractivity contribution is 5.70. The Morgan fingerprint density at radius 2 is 1.06 bits per heavy atom. The molecule has 7 nitrogen and oxygen atoms in total. The van der Waals surface area contributed by atoms with Gasteiger partial charge in [-0.25, -0.2) is 0 Å². The van der Waals surface area contributed by atoms with Crippen LogP contribution in [-0.4, -0.2) is 62.3 Å². The van der Waals surface area contributed by atoms with Gasteiger partial charge in [0, 0.05) is 24.7 Å². The first kappa shape index (κ1) is 48.4. The SMILES string of the molecule is CCCCCC(CCCCC)CCOC(=O)CCCCCCCC(CCCCCCCC(=O)OC(CC)C1(C)CCCC1)OC(=O)CCCN(C)C. The van der Waals surface area contributed by atoms with Gasteiger partial charge in [0.2, 0.25) is 0 Å². The number of ether oxygens (including phenoxy) is 3. The highest BCUT2D eigenvalue weighted by Crippen LogP contribution is 2.43. The van der Waals surface area contributed by atoms with Gasteiger partial charge >= 0.3 is 17.9 Å². The number of carbonyl (C=O) groups is 3. The highest BCUT2D eigenvalue weighted by atomic mass is 16.5. The molecule has 0 radical (unpaired) electrons. The second-order valence-electron chi connectivity index (χ2n) is 16.7. The van der Waals surface area contributed by atoms with Crippen LogP contribution in [0.1, 0.15) is 220 Å². The van der Waals surface area contributed by atoms with Gasteiger partial charge < -0.3 is 19.1 Å². The van der Waals surface area contributed by atoms with Gasteiger partial charge in [0.1, 0.15) is 12.2 Å². The molecule has 1 aliphatic carbocycles. The lowest BCUT2D eigenvalue weighted by Gasteiger charge is -2.32.